The van der Waals surface area contributed by atoms with Gasteiger partial charge in [-0.15, -0.1) is 13.2 Å². The van der Waals surface area contributed by atoms with Crippen molar-refractivity contribution in [1.29, 1.82) is 0 Å². The molecule has 1 saturated carbocycles. The van der Waals surface area contributed by atoms with E-state index in [1.165, 1.54) is 12.1 Å². The minimum atomic E-state index is -4.89. The predicted octanol–water partition coefficient (Wildman–Crippen LogP) is 6.49. The lowest BCUT2D eigenvalue weighted by Gasteiger charge is -2.41. The van der Waals surface area contributed by atoms with Gasteiger partial charge in [-0.25, -0.2) is 13.2 Å². The van der Waals surface area contributed by atoms with Crippen molar-refractivity contribution >= 4 is 0 Å². The normalized spacial score (nSPS) is 25.3. The summed E-state index contributed by atoms with van der Waals surface area (Å²) in [5.74, 6) is -4.87. The third kappa shape index (κ3) is 4.13. The van der Waals surface area contributed by atoms with Gasteiger partial charge in [0.05, 0.1) is 6.61 Å². The Bertz CT molecular complexity index is 774. The Morgan fingerprint density at radius 3 is 2.19 bits per heavy atom. The van der Waals surface area contributed by atoms with Crippen LogP contribution in [0.5, 0.6) is 0 Å². The molecule has 2 unspecified atom stereocenters. The van der Waals surface area contributed by atoms with Crippen molar-refractivity contribution in [3.05, 3.63) is 60.2 Å². The van der Waals surface area contributed by atoms with Crippen LogP contribution in [-0.4, -0.2) is 18.9 Å². The van der Waals surface area contributed by atoms with Crippen LogP contribution in [-0.2, 0) is 10.4 Å². The SMILES string of the molecule is FC(F)(F)OCC1CCC(F)(c2ccccc2-c2ccccc2)C(F)(F)C1. The van der Waals surface area contributed by atoms with E-state index in [4.69, 9.17) is 0 Å². The number of alkyl halides is 6. The second kappa shape index (κ2) is 7.19. The number of hydrogen-bond acceptors (Lipinski definition) is 1. The van der Waals surface area contributed by atoms with Gasteiger partial charge in [-0.1, -0.05) is 54.6 Å². The Hall–Kier alpha value is -2.02. The first-order valence-electron chi connectivity index (χ1n) is 8.55. The Balaban J connectivity index is 1.89. The van der Waals surface area contributed by atoms with Crippen LogP contribution < -0.4 is 0 Å². The molecule has 1 aliphatic rings. The summed E-state index contributed by atoms with van der Waals surface area (Å²) in [7, 11) is 0. The fraction of sp³-hybridized carbons (Fsp3) is 0.400. The molecule has 0 spiro atoms. The van der Waals surface area contributed by atoms with Crippen LogP contribution in [0.25, 0.3) is 11.1 Å². The quantitative estimate of drug-likeness (QED) is 0.544. The molecule has 1 aliphatic carbocycles. The summed E-state index contributed by atoms with van der Waals surface area (Å²) in [6.07, 6.45) is -6.58. The first-order chi connectivity index (χ1) is 12.6. The van der Waals surface area contributed by atoms with Crippen molar-refractivity contribution in [2.24, 2.45) is 5.92 Å². The lowest BCUT2D eigenvalue weighted by molar-refractivity contribution is -0.331. The van der Waals surface area contributed by atoms with Crippen LogP contribution in [0.1, 0.15) is 24.8 Å². The number of hydrogen-bond donors (Lipinski definition) is 0. The van der Waals surface area contributed by atoms with Crippen LogP contribution in [0.15, 0.2) is 54.6 Å². The highest BCUT2D eigenvalue weighted by atomic mass is 19.4. The molecule has 7 heteroatoms. The molecule has 0 N–H and O–H groups in total. The minimum absolute atomic E-state index is 0.120. The van der Waals surface area contributed by atoms with E-state index in [0.717, 1.165) is 0 Å². The van der Waals surface area contributed by atoms with Crippen molar-refractivity contribution < 1.29 is 31.1 Å². The zero-order chi connectivity index (χ0) is 19.7. The maximum Gasteiger partial charge on any atom is 0.522 e. The molecule has 2 atom stereocenters. The lowest BCUT2D eigenvalue weighted by atomic mass is 9.72. The molecule has 2 aromatic rings. The second-order valence-corrected chi connectivity index (χ2v) is 6.78. The monoisotopic (exact) mass is 388 g/mol. The molecule has 1 fully saturated rings. The van der Waals surface area contributed by atoms with Crippen LogP contribution in [0.4, 0.5) is 26.3 Å². The highest BCUT2D eigenvalue weighted by molar-refractivity contribution is 5.68. The van der Waals surface area contributed by atoms with E-state index >= 15 is 4.39 Å². The molecular formula is C20H18F6O. The molecule has 1 nitrogen and oxygen atoms in total. The summed E-state index contributed by atoms with van der Waals surface area (Å²) in [5, 5.41) is 0. The van der Waals surface area contributed by atoms with Gasteiger partial charge in [0.2, 0.25) is 0 Å². The van der Waals surface area contributed by atoms with Gasteiger partial charge in [-0.05, 0) is 29.9 Å². The van der Waals surface area contributed by atoms with E-state index in [-0.39, 0.29) is 12.0 Å². The molecule has 0 bridgehead atoms. The largest absolute Gasteiger partial charge is 0.522 e. The Morgan fingerprint density at radius 2 is 1.56 bits per heavy atom. The molecule has 0 aromatic heterocycles. The van der Waals surface area contributed by atoms with Crippen LogP contribution in [0.3, 0.4) is 0 Å². The first kappa shape index (κ1) is 19.7. The van der Waals surface area contributed by atoms with E-state index in [1.807, 2.05) is 0 Å². The number of halogens is 6. The summed E-state index contributed by atoms with van der Waals surface area (Å²) in [5.41, 5.74) is -2.14. The molecule has 2 aromatic carbocycles. The lowest BCUT2D eigenvalue weighted by Crippen LogP contribution is -2.48. The summed E-state index contributed by atoms with van der Waals surface area (Å²) in [4.78, 5) is 0. The molecule has 0 amide bonds. The molecule has 0 saturated heterocycles. The predicted molar refractivity (Wildman–Crippen MR) is 89.0 cm³/mol. The smallest absolute Gasteiger partial charge is 0.292 e. The van der Waals surface area contributed by atoms with Crippen LogP contribution in [0, 0.1) is 5.92 Å². The number of rotatable bonds is 4. The van der Waals surface area contributed by atoms with E-state index in [1.54, 1.807) is 42.5 Å². The zero-order valence-electron chi connectivity index (χ0n) is 14.3. The van der Waals surface area contributed by atoms with Crippen molar-refractivity contribution in [3.63, 3.8) is 0 Å². The van der Waals surface area contributed by atoms with E-state index in [2.05, 4.69) is 4.74 Å². The summed E-state index contributed by atoms with van der Waals surface area (Å²) in [6, 6.07) is 14.6. The standard InChI is InChI=1S/C20H18F6O/c21-18(11-10-14(12-19(18,22)23)13-27-20(24,25)26)17-9-5-4-8-16(17)15-6-2-1-3-7-15/h1-9,14H,10-13H2. The molecule has 0 radical (unpaired) electrons. The van der Waals surface area contributed by atoms with E-state index in [0.29, 0.717) is 11.1 Å². The maximum absolute atomic E-state index is 15.7. The van der Waals surface area contributed by atoms with Gasteiger partial charge in [0, 0.05) is 12.0 Å². The third-order valence-electron chi connectivity index (χ3n) is 4.94. The van der Waals surface area contributed by atoms with Gasteiger partial charge < -0.3 is 0 Å². The van der Waals surface area contributed by atoms with Gasteiger partial charge in [0.25, 0.3) is 5.92 Å². The van der Waals surface area contributed by atoms with Gasteiger partial charge in [0.1, 0.15) is 0 Å². The molecule has 0 heterocycles. The average Bonchev–Trinajstić information content (AvgIpc) is 2.63. The average molecular weight is 388 g/mol. The summed E-state index contributed by atoms with van der Waals surface area (Å²) >= 11 is 0. The highest BCUT2D eigenvalue weighted by Gasteiger charge is 2.59. The summed E-state index contributed by atoms with van der Waals surface area (Å²) < 4.78 is 85.5. The fourth-order valence-electron chi connectivity index (χ4n) is 3.60. The molecule has 0 aliphatic heterocycles. The molecule has 27 heavy (non-hydrogen) atoms. The van der Waals surface area contributed by atoms with Crippen molar-refractivity contribution in [2.45, 2.75) is 37.2 Å². The fourth-order valence-corrected chi connectivity index (χ4v) is 3.60. The Morgan fingerprint density at radius 1 is 0.926 bits per heavy atom. The van der Waals surface area contributed by atoms with Crippen molar-refractivity contribution in [3.8, 4) is 11.1 Å². The van der Waals surface area contributed by atoms with Gasteiger partial charge in [-0.3, -0.25) is 4.74 Å². The minimum Gasteiger partial charge on any atom is -0.292 e. The topological polar surface area (TPSA) is 9.23 Å². The third-order valence-corrected chi connectivity index (χ3v) is 4.94. The van der Waals surface area contributed by atoms with Gasteiger partial charge in [-0.2, -0.15) is 0 Å². The van der Waals surface area contributed by atoms with Crippen molar-refractivity contribution in [1.82, 2.24) is 0 Å². The number of benzene rings is 2. The maximum atomic E-state index is 15.7. The second-order valence-electron chi connectivity index (χ2n) is 6.78. The Kier molecular flexibility index (Phi) is 5.25. The Labute approximate surface area is 153 Å². The zero-order valence-corrected chi connectivity index (χ0v) is 14.3. The van der Waals surface area contributed by atoms with Gasteiger partial charge in [0.15, 0.2) is 5.67 Å². The van der Waals surface area contributed by atoms with Crippen LogP contribution in [0.2, 0.25) is 0 Å². The highest BCUT2D eigenvalue weighted by Crippen LogP contribution is 2.54. The van der Waals surface area contributed by atoms with Crippen LogP contribution >= 0.6 is 0 Å². The number of ether oxygens (including phenoxy) is 1. The van der Waals surface area contributed by atoms with Crippen molar-refractivity contribution in [2.75, 3.05) is 6.61 Å². The van der Waals surface area contributed by atoms with E-state index in [9.17, 15) is 22.0 Å². The van der Waals surface area contributed by atoms with Gasteiger partial charge >= 0.3 is 6.36 Å². The molecule has 3 rings (SSSR count). The van der Waals surface area contributed by atoms with E-state index < -0.39 is 43.3 Å². The first-order valence-corrected chi connectivity index (χ1v) is 8.55. The summed E-state index contributed by atoms with van der Waals surface area (Å²) in [6.45, 7) is -0.893. The molecule has 146 valence electrons. The molecular weight excluding hydrogens is 370 g/mol.